The molecule has 1 atom stereocenters. The molecule has 1 unspecified atom stereocenters. The lowest BCUT2D eigenvalue weighted by Crippen LogP contribution is -2.47. The number of hydrazine groups is 2. The Balaban J connectivity index is 1.22. The van der Waals surface area contributed by atoms with Crippen LogP contribution in [0.5, 0.6) is 5.75 Å². The number of carbonyl (C=O) groups excluding carboxylic acids is 1. The molecule has 2 aromatic rings. The number of hydrogen-bond acceptors (Lipinski definition) is 8. The van der Waals surface area contributed by atoms with Crippen molar-refractivity contribution < 1.29 is 27.8 Å². The Morgan fingerprint density at radius 3 is 2.61 bits per heavy atom. The summed E-state index contributed by atoms with van der Waals surface area (Å²) in [6.07, 6.45) is -2.92. The average molecular weight is 531 g/mol. The highest BCUT2D eigenvalue weighted by Gasteiger charge is 2.48. The number of nitrogens with one attached hydrogen (secondary N) is 3. The highest BCUT2D eigenvalue weighted by Crippen LogP contribution is 2.46. The lowest BCUT2D eigenvalue weighted by Gasteiger charge is -2.38. The van der Waals surface area contributed by atoms with Crippen LogP contribution in [0.4, 0.5) is 30.2 Å². The van der Waals surface area contributed by atoms with Gasteiger partial charge in [0.2, 0.25) is 5.91 Å². The van der Waals surface area contributed by atoms with E-state index in [2.05, 4.69) is 27.1 Å². The van der Waals surface area contributed by atoms with E-state index in [0.717, 1.165) is 17.3 Å². The van der Waals surface area contributed by atoms with E-state index in [-0.39, 0.29) is 36.2 Å². The van der Waals surface area contributed by atoms with Gasteiger partial charge < -0.3 is 15.2 Å². The number of ether oxygens (including phenoxy) is 1. The molecule has 38 heavy (non-hydrogen) atoms. The van der Waals surface area contributed by atoms with Gasteiger partial charge in [-0.25, -0.2) is 0 Å². The molecular formula is C26H29F3N6O3. The molecule has 0 radical (unpaired) electrons. The average Bonchev–Trinajstić information content (AvgIpc) is 3.43. The van der Waals surface area contributed by atoms with Gasteiger partial charge in [-0.2, -0.15) is 18.4 Å². The summed E-state index contributed by atoms with van der Waals surface area (Å²) >= 11 is 0. The number of fused-ring (bicyclic) bond motifs is 3. The van der Waals surface area contributed by atoms with E-state index < -0.39 is 23.2 Å². The molecule has 4 N–H and O–H groups in total. The molecule has 1 fully saturated rings. The lowest BCUT2D eigenvalue weighted by atomic mass is 9.73. The van der Waals surface area contributed by atoms with Crippen LogP contribution < -0.4 is 20.9 Å². The van der Waals surface area contributed by atoms with Crippen LogP contribution in [-0.4, -0.2) is 59.9 Å². The van der Waals surface area contributed by atoms with Crippen molar-refractivity contribution in [3.8, 4) is 11.8 Å². The van der Waals surface area contributed by atoms with Gasteiger partial charge >= 0.3 is 6.18 Å². The second kappa shape index (κ2) is 9.98. The summed E-state index contributed by atoms with van der Waals surface area (Å²) in [6, 6.07) is 9.45. The number of benzene rings is 2. The van der Waals surface area contributed by atoms with Crippen molar-refractivity contribution in [3.63, 3.8) is 0 Å². The maximum Gasteiger partial charge on any atom is 0.418 e. The molecule has 1 amide bonds. The molecule has 3 aliphatic heterocycles. The number of nitrogens with zero attached hydrogens (tertiary/aromatic N) is 3. The number of anilines is 3. The second-order valence-electron chi connectivity index (χ2n) is 9.83. The minimum Gasteiger partial charge on any atom is -0.492 e. The number of aliphatic hydroxyl groups is 1. The van der Waals surface area contributed by atoms with Crippen molar-refractivity contribution in [2.75, 3.05) is 49.0 Å². The van der Waals surface area contributed by atoms with Crippen molar-refractivity contribution >= 4 is 23.0 Å². The molecule has 2 aromatic carbocycles. The Bertz CT molecular complexity index is 1270. The van der Waals surface area contributed by atoms with E-state index >= 15 is 0 Å². The minimum atomic E-state index is -4.60. The van der Waals surface area contributed by atoms with Crippen LogP contribution in [-0.2, 0) is 16.4 Å². The normalized spacial score (nSPS) is 19.2. The number of piperidine rings is 1. The third-order valence-corrected chi connectivity index (χ3v) is 7.67. The first kappa shape index (κ1) is 26.1. The van der Waals surface area contributed by atoms with Gasteiger partial charge in [-0.15, -0.1) is 5.12 Å². The number of carbonyl (C=O) groups is 1. The summed E-state index contributed by atoms with van der Waals surface area (Å²) in [7, 11) is 0. The zero-order valence-electron chi connectivity index (χ0n) is 20.9. The topological polar surface area (TPSA) is 113 Å². The van der Waals surface area contributed by atoms with Crippen molar-refractivity contribution in [1.82, 2.24) is 10.0 Å². The zero-order chi connectivity index (χ0) is 27.1. The van der Waals surface area contributed by atoms with Gasteiger partial charge in [0.1, 0.15) is 12.4 Å². The SMILES string of the molecule is CCC(CO)N1Nc2cc(OCCN3CCC4(CC3)C(=O)Nc3ccc(C#N)cc34)cc(C(F)(F)F)c2N1. The number of amides is 1. The van der Waals surface area contributed by atoms with Crippen LogP contribution in [0.3, 0.4) is 0 Å². The number of halogens is 3. The molecular weight excluding hydrogens is 501 g/mol. The van der Waals surface area contributed by atoms with Crippen LogP contribution in [0.25, 0.3) is 0 Å². The highest BCUT2D eigenvalue weighted by molar-refractivity contribution is 6.06. The van der Waals surface area contributed by atoms with Crippen LogP contribution >= 0.6 is 0 Å². The number of aliphatic hydroxyl groups excluding tert-OH is 1. The van der Waals surface area contributed by atoms with Crippen molar-refractivity contribution in [2.45, 2.75) is 43.8 Å². The fourth-order valence-electron chi connectivity index (χ4n) is 5.42. The van der Waals surface area contributed by atoms with Crippen molar-refractivity contribution in [3.05, 3.63) is 47.0 Å². The van der Waals surface area contributed by atoms with Gasteiger partial charge in [0.05, 0.1) is 46.6 Å². The molecule has 3 aliphatic rings. The van der Waals surface area contributed by atoms with E-state index in [9.17, 15) is 28.3 Å². The molecule has 1 spiro atoms. The first-order chi connectivity index (χ1) is 18.2. The monoisotopic (exact) mass is 530 g/mol. The summed E-state index contributed by atoms with van der Waals surface area (Å²) in [5.74, 6) is 0.0313. The zero-order valence-corrected chi connectivity index (χ0v) is 20.9. The van der Waals surface area contributed by atoms with Gasteiger partial charge in [-0.05, 0) is 62.2 Å². The molecule has 0 saturated carbocycles. The summed E-state index contributed by atoms with van der Waals surface area (Å²) in [5, 5.41) is 23.1. The molecule has 9 nitrogen and oxygen atoms in total. The summed E-state index contributed by atoms with van der Waals surface area (Å²) in [6.45, 7) is 3.50. The first-order valence-corrected chi connectivity index (χ1v) is 12.6. The number of likely N-dealkylation sites (tertiary alicyclic amines) is 1. The van der Waals surface area contributed by atoms with Gasteiger partial charge in [0.15, 0.2) is 0 Å². The summed E-state index contributed by atoms with van der Waals surface area (Å²) < 4.78 is 47.2. The van der Waals surface area contributed by atoms with E-state index in [1.807, 2.05) is 6.92 Å². The molecule has 0 bridgehead atoms. The number of nitriles is 1. The van der Waals surface area contributed by atoms with Crippen LogP contribution in [0, 0.1) is 11.3 Å². The van der Waals surface area contributed by atoms with Gasteiger partial charge in [0, 0.05) is 18.3 Å². The largest absolute Gasteiger partial charge is 0.492 e. The molecule has 0 aromatic heterocycles. The summed E-state index contributed by atoms with van der Waals surface area (Å²) in [5.41, 5.74) is 6.32. The van der Waals surface area contributed by atoms with Gasteiger partial charge in [-0.3, -0.25) is 20.5 Å². The predicted molar refractivity (Wildman–Crippen MR) is 134 cm³/mol. The fourth-order valence-corrected chi connectivity index (χ4v) is 5.42. The molecule has 0 aliphatic carbocycles. The standard InChI is InChI=1S/C26H29F3N6O3/c1-2-17(15-36)35-32-22-13-18(12-20(23(22)33-35)26(27,28)29)38-10-9-34-7-5-25(6-8-34)19-11-16(14-30)3-4-21(19)31-24(25)37/h3-4,11-13,17,32-33,36H,2,5-10,15H2,1H3,(H,31,37). The molecule has 12 heteroatoms. The smallest absolute Gasteiger partial charge is 0.418 e. The number of hydrogen-bond donors (Lipinski definition) is 4. The van der Waals surface area contributed by atoms with Crippen molar-refractivity contribution in [1.29, 1.82) is 5.26 Å². The van der Waals surface area contributed by atoms with Crippen molar-refractivity contribution in [2.24, 2.45) is 0 Å². The van der Waals surface area contributed by atoms with E-state index in [4.69, 9.17) is 4.74 Å². The maximum atomic E-state index is 13.8. The number of alkyl halides is 3. The Labute approximate surface area is 218 Å². The lowest BCUT2D eigenvalue weighted by molar-refractivity contribution is -0.137. The fraction of sp³-hybridized carbons (Fsp3) is 0.462. The minimum absolute atomic E-state index is 0.0574. The first-order valence-electron chi connectivity index (χ1n) is 12.6. The van der Waals surface area contributed by atoms with Gasteiger partial charge in [-0.1, -0.05) is 6.92 Å². The second-order valence-corrected chi connectivity index (χ2v) is 9.83. The summed E-state index contributed by atoms with van der Waals surface area (Å²) in [4.78, 5) is 15.0. The van der Waals surface area contributed by atoms with Crippen LogP contribution in [0.2, 0.25) is 0 Å². The van der Waals surface area contributed by atoms with E-state index in [1.165, 1.54) is 11.2 Å². The molecule has 5 rings (SSSR count). The van der Waals surface area contributed by atoms with E-state index in [0.29, 0.717) is 44.5 Å². The Hall–Kier alpha value is -3.53. The Morgan fingerprint density at radius 2 is 1.95 bits per heavy atom. The quantitative estimate of drug-likeness (QED) is 0.429. The maximum absolute atomic E-state index is 13.8. The molecule has 202 valence electrons. The third kappa shape index (κ3) is 4.62. The Morgan fingerprint density at radius 1 is 1.18 bits per heavy atom. The molecule has 1 saturated heterocycles. The van der Waals surface area contributed by atoms with Crippen LogP contribution in [0.15, 0.2) is 30.3 Å². The predicted octanol–water partition coefficient (Wildman–Crippen LogP) is 3.68. The van der Waals surface area contributed by atoms with Gasteiger partial charge in [0.25, 0.3) is 0 Å². The van der Waals surface area contributed by atoms with Crippen LogP contribution in [0.1, 0.15) is 42.9 Å². The third-order valence-electron chi connectivity index (χ3n) is 7.67. The molecule has 3 heterocycles. The number of rotatable bonds is 7. The Kier molecular flexibility index (Phi) is 6.85. The highest BCUT2D eigenvalue weighted by atomic mass is 19.4. The van der Waals surface area contributed by atoms with E-state index in [1.54, 1.807) is 18.2 Å².